The molecule has 0 aromatic carbocycles. The van der Waals surface area contributed by atoms with E-state index in [0.29, 0.717) is 5.92 Å². The third-order valence-corrected chi connectivity index (χ3v) is 3.95. The Kier molecular flexibility index (Phi) is 3.92. The number of piperidine rings is 1. The molecule has 98 valence electrons. The molecule has 17 heavy (non-hydrogen) atoms. The third-order valence-electron chi connectivity index (χ3n) is 3.95. The van der Waals surface area contributed by atoms with Crippen LogP contribution in [0.2, 0.25) is 0 Å². The molecule has 1 unspecified atom stereocenters. The number of hydrogen-bond acceptors (Lipinski definition) is 2. The zero-order chi connectivity index (χ0) is 12.3. The highest BCUT2D eigenvalue weighted by atomic mass is 16.5. The number of likely N-dealkylation sites (tertiary alicyclic amines) is 1. The molecule has 1 atom stereocenters. The molecule has 2 heterocycles. The zero-order valence-corrected chi connectivity index (χ0v) is 11.0. The number of nitrogens with one attached hydrogen (secondary N) is 1. The van der Waals surface area contributed by atoms with Gasteiger partial charge in [0.1, 0.15) is 0 Å². The fraction of sp³-hybridized carbons (Fsp3) is 0.923. The van der Waals surface area contributed by atoms with Gasteiger partial charge in [-0.1, -0.05) is 6.92 Å². The predicted molar refractivity (Wildman–Crippen MR) is 67.0 cm³/mol. The van der Waals surface area contributed by atoms with Crippen LogP contribution in [-0.2, 0) is 4.74 Å². The lowest BCUT2D eigenvalue weighted by Crippen LogP contribution is -2.55. The largest absolute Gasteiger partial charge is 0.381 e. The van der Waals surface area contributed by atoms with Gasteiger partial charge in [-0.2, -0.15) is 0 Å². The summed E-state index contributed by atoms with van der Waals surface area (Å²) in [6, 6.07) is 0.112. The fourth-order valence-electron chi connectivity index (χ4n) is 2.66. The molecule has 0 aromatic rings. The maximum atomic E-state index is 12.2. The monoisotopic (exact) mass is 240 g/mol. The van der Waals surface area contributed by atoms with Crippen molar-refractivity contribution >= 4 is 6.03 Å². The number of carbonyl (C=O) groups excluding carboxylic acids is 1. The van der Waals surface area contributed by atoms with E-state index in [1.165, 1.54) is 6.42 Å². The Hall–Kier alpha value is -0.770. The maximum Gasteiger partial charge on any atom is 0.317 e. The second-order valence-electron chi connectivity index (χ2n) is 5.80. The van der Waals surface area contributed by atoms with Crippen LogP contribution < -0.4 is 5.32 Å². The first-order valence-electron chi connectivity index (χ1n) is 6.74. The average Bonchev–Trinajstić information content (AvgIpc) is 2.29. The number of ether oxygens (including phenoxy) is 1. The van der Waals surface area contributed by atoms with E-state index in [-0.39, 0.29) is 11.6 Å². The minimum Gasteiger partial charge on any atom is -0.381 e. The Labute approximate surface area is 104 Å². The van der Waals surface area contributed by atoms with E-state index >= 15 is 0 Å². The quantitative estimate of drug-likeness (QED) is 0.761. The molecule has 0 saturated carbocycles. The van der Waals surface area contributed by atoms with Crippen LogP contribution in [0.25, 0.3) is 0 Å². The molecule has 2 amide bonds. The summed E-state index contributed by atoms with van der Waals surface area (Å²) in [7, 11) is 0. The second-order valence-corrected chi connectivity index (χ2v) is 5.80. The Morgan fingerprint density at radius 2 is 2.12 bits per heavy atom. The van der Waals surface area contributed by atoms with Gasteiger partial charge in [-0.3, -0.25) is 0 Å². The molecule has 2 rings (SSSR count). The smallest absolute Gasteiger partial charge is 0.317 e. The molecule has 0 aliphatic carbocycles. The lowest BCUT2D eigenvalue weighted by molar-refractivity contribution is 0.0458. The van der Waals surface area contributed by atoms with Gasteiger partial charge in [-0.25, -0.2) is 4.79 Å². The van der Waals surface area contributed by atoms with E-state index in [4.69, 9.17) is 4.74 Å². The summed E-state index contributed by atoms with van der Waals surface area (Å²) >= 11 is 0. The van der Waals surface area contributed by atoms with Crippen LogP contribution >= 0.6 is 0 Å². The second kappa shape index (κ2) is 5.25. The van der Waals surface area contributed by atoms with Crippen LogP contribution in [0, 0.1) is 5.92 Å². The van der Waals surface area contributed by atoms with E-state index < -0.39 is 0 Å². The van der Waals surface area contributed by atoms with Crippen LogP contribution in [-0.4, -0.2) is 42.8 Å². The van der Waals surface area contributed by atoms with Crippen molar-refractivity contribution in [2.45, 2.75) is 45.1 Å². The Bertz CT molecular complexity index is 275. The predicted octanol–water partition coefficient (Wildman–Crippen LogP) is 2.00. The number of carbonyl (C=O) groups is 1. The number of hydrogen-bond donors (Lipinski definition) is 1. The van der Waals surface area contributed by atoms with Crippen LogP contribution in [0.4, 0.5) is 4.79 Å². The molecule has 2 saturated heterocycles. The molecule has 4 nitrogen and oxygen atoms in total. The molecular weight excluding hydrogens is 216 g/mol. The molecule has 0 aromatic heterocycles. The normalized spacial score (nSPS) is 28.8. The molecule has 0 spiro atoms. The number of rotatable bonds is 1. The molecule has 1 N–H and O–H groups in total. The lowest BCUT2D eigenvalue weighted by atomic mass is 9.92. The summed E-state index contributed by atoms with van der Waals surface area (Å²) in [6.45, 7) is 7.66. The van der Waals surface area contributed by atoms with Crippen LogP contribution in [0.15, 0.2) is 0 Å². The lowest BCUT2D eigenvalue weighted by Gasteiger charge is -2.38. The van der Waals surface area contributed by atoms with E-state index in [0.717, 1.165) is 45.6 Å². The van der Waals surface area contributed by atoms with Gasteiger partial charge in [0.2, 0.25) is 0 Å². The summed E-state index contributed by atoms with van der Waals surface area (Å²) < 4.78 is 5.34. The summed E-state index contributed by atoms with van der Waals surface area (Å²) in [5.41, 5.74) is -0.0734. The van der Waals surface area contributed by atoms with E-state index in [2.05, 4.69) is 19.2 Å². The highest BCUT2D eigenvalue weighted by molar-refractivity contribution is 5.75. The molecule has 2 aliphatic heterocycles. The highest BCUT2D eigenvalue weighted by Gasteiger charge is 2.31. The Morgan fingerprint density at radius 3 is 2.76 bits per heavy atom. The van der Waals surface area contributed by atoms with E-state index in [9.17, 15) is 4.79 Å². The van der Waals surface area contributed by atoms with Gasteiger partial charge >= 0.3 is 6.03 Å². The molecule has 4 heteroatoms. The Balaban J connectivity index is 1.87. The maximum absolute atomic E-state index is 12.2. The molecular formula is C13H24N2O2. The molecule has 2 aliphatic rings. The Morgan fingerprint density at radius 1 is 1.41 bits per heavy atom. The average molecular weight is 240 g/mol. The van der Waals surface area contributed by atoms with Crippen molar-refractivity contribution in [1.82, 2.24) is 10.2 Å². The minimum absolute atomic E-state index is 0.0734. The minimum atomic E-state index is -0.0734. The number of amides is 2. The standard InChI is InChI=1S/C13H24N2O2/c1-11-4-3-7-15(10-11)12(16)14-13(2)5-8-17-9-6-13/h11H,3-10H2,1-2H3,(H,14,16). The molecule has 0 radical (unpaired) electrons. The summed E-state index contributed by atoms with van der Waals surface area (Å²) in [6.07, 6.45) is 4.22. The van der Waals surface area contributed by atoms with Gasteiger partial charge in [-0.15, -0.1) is 0 Å². The van der Waals surface area contributed by atoms with Crippen molar-refractivity contribution in [2.75, 3.05) is 26.3 Å². The van der Waals surface area contributed by atoms with Crippen molar-refractivity contribution in [3.8, 4) is 0 Å². The third kappa shape index (κ3) is 3.35. The van der Waals surface area contributed by atoms with Crippen LogP contribution in [0.3, 0.4) is 0 Å². The number of nitrogens with zero attached hydrogens (tertiary/aromatic N) is 1. The van der Waals surface area contributed by atoms with Crippen molar-refractivity contribution in [3.63, 3.8) is 0 Å². The zero-order valence-electron chi connectivity index (χ0n) is 11.0. The first kappa shape index (κ1) is 12.7. The van der Waals surface area contributed by atoms with Gasteiger partial charge in [0.05, 0.1) is 0 Å². The van der Waals surface area contributed by atoms with Gasteiger partial charge in [-0.05, 0) is 38.5 Å². The van der Waals surface area contributed by atoms with Gasteiger partial charge in [0.25, 0.3) is 0 Å². The topological polar surface area (TPSA) is 41.6 Å². The van der Waals surface area contributed by atoms with Crippen LogP contribution in [0.5, 0.6) is 0 Å². The molecule has 0 bridgehead atoms. The number of urea groups is 1. The van der Waals surface area contributed by atoms with E-state index in [1.807, 2.05) is 4.90 Å². The molecule has 2 fully saturated rings. The first-order valence-corrected chi connectivity index (χ1v) is 6.74. The highest BCUT2D eigenvalue weighted by Crippen LogP contribution is 2.21. The van der Waals surface area contributed by atoms with Crippen LogP contribution in [0.1, 0.15) is 39.5 Å². The van der Waals surface area contributed by atoms with Gasteiger partial charge in [0.15, 0.2) is 0 Å². The van der Waals surface area contributed by atoms with Gasteiger partial charge < -0.3 is 15.0 Å². The van der Waals surface area contributed by atoms with Crippen molar-refractivity contribution < 1.29 is 9.53 Å². The van der Waals surface area contributed by atoms with Gasteiger partial charge in [0, 0.05) is 31.8 Å². The summed E-state index contributed by atoms with van der Waals surface area (Å²) in [5.74, 6) is 0.636. The SMILES string of the molecule is CC1CCCN(C(=O)NC2(C)CCOCC2)C1. The van der Waals surface area contributed by atoms with E-state index in [1.54, 1.807) is 0 Å². The first-order chi connectivity index (χ1) is 8.09. The summed E-state index contributed by atoms with van der Waals surface area (Å²) in [5, 5.41) is 3.19. The fourth-order valence-corrected chi connectivity index (χ4v) is 2.66. The van der Waals surface area contributed by atoms with Crippen molar-refractivity contribution in [3.05, 3.63) is 0 Å². The van der Waals surface area contributed by atoms with Crippen molar-refractivity contribution in [1.29, 1.82) is 0 Å². The summed E-state index contributed by atoms with van der Waals surface area (Å²) in [4.78, 5) is 14.2. The van der Waals surface area contributed by atoms with Crippen molar-refractivity contribution in [2.24, 2.45) is 5.92 Å².